The van der Waals surface area contributed by atoms with E-state index in [1.807, 2.05) is 11.9 Å². The molecule has 0 radical (unpaired) electrons. The van der Waals surface area contributed by atoms with Gasteiger partial charge in [-0.15, -0.1) is 0 Å². The number of carbonyl (C=O) groups excluding carboxylic acids is 2. The Hall–Kier alpha value is -1.78. The first-order valence-electron chi connectivity index (χ1n) is 7.76. The Morgan fingerprint density at radius 2 is 2.10 bits per heavy atom. The fraction of sp³-hybridized carbons (Fsp3) is 0.625. The summed E-state index contributed by atoms with van der Waals surface area (Å²) in [6.07, 6.45) is 8.58. The summed E-state index contributed by atoms with van der Waals surface area (Å²) in [5, 5.41) is 2.76. The van der Waals surface area contributed by atoms with E-state index in [1.54, 1.807) is 12.1 Å². The standard InChI is InChI=1S/C16H24N2O3/c1-18(13-7-3-2-4-8-13)15(19)10-5-11-17-16(20)14-9-6-12-21-14/h6,9,12-13H,2-5,7-8,10-11H2,1H3,(H,17,20). The minimum Gasteiger partial charge on any atom is -0.459 e. The van der Waals surface area contributed by atoms with Gasteiger partial charge in [0, 0.05) is 26.1 Å². The Labute approximate surface area is 125 Å². The smallest absolute Gasteiger partial charge is 0.286 e. The van der Waals surface area contributed by atoms with Crippen LogP contribution in [0.4, 0.5) is 0 Å². The molecule has 0 aliphatic heterocycles. The van der Waals surface area contributed by atoms with Crippen LogP contribution in [0.15, 0.2) is 22.8 Å². The lowest BCUT2D eigenvalue weighted by Crippen LogP contribution is -2.38. The van der Waals surface area contributed by atoms with Gasteiger partial charge in [0.2, 0.25) is 5.91 Å². The second kappa shape index (κ2) is 7.86. The van der Waals surface area contributed by atoms with Crippen LogP contribution in [0.2, 0.25) is 0 Å². The van der Waals surface area contributed by atoms with E-state index in [0.717, 1.165) is 12.8 Å². The lowest BCUT2D eigenvalue weighted by Gasteiger charge is -2.31. The highest BCUT2D eigenvalue weighted by molar-refractivity contribution is 5.91. The third-order valence-electron chi connectivity index (χ3n) is 4.11. The van der Waals surface area contributed by atoms with Crippen molar-refractivity contribution in [1.29, 1.82) is 0 Å². The largest absolute Gasteiger partial charge is 0.459 e. The molecule has 1 aliphatic carbocycles. The molecule has 0 bridgehead atoms. The van der Waals surface area contributed by atoms with E-state index in [0.29, 0.717) is 31.2 Å². The van der Waals surface area contributed by atoms with Crippen LogP contribution in [0, 0.1) is 0 Å². The molecular weight excluding hydrogens is 268 g/mol. The summed E-state index contributed by atoms with van der Waals surface area (Å²) in [6, 6.07) is 3.71. The van der Waals surface area contributed by atoms with Gasteiger partial charge < -0.3 is 14.6 Å². The number of nitrogens with zero attached hydrogens (tertiary/aromatic N) is 1. The van der Waals surface area contributed by atoms with Gasteiger partial charge in [0.1, 0.15) is 0 Å². The minimum atomic E-state index is -0.229. The Morgan fingerprint density at radius 3 is 2.76 bits per heavy atom. The van der Waals surface area contributed by atoms with Crippen LogP contribution in [0.3, 0.4) is 0 Å². The summed E-state index contributed by atoms with van der Waals surface area (Å²) < 4.78 is 5.00. The molecule has 21 heavy (non-hydrogen) atoms. The van der Waals surface area contributed by atoms with Crippen LogP contribution in [0.1, 0.15) is 55.5 Å². The van der Waals surface area contributed by atoms with E-state index < -0.39 is 0 Å². The van der Waals surface area contributed by atoms with E-state index in [9.17, 15) is 9.59 Å². The van der Waals surface area contributed by atoms with Crippen molar-refractivity contribution < 1.29 is 14.0 Å². The number of rotatable bonds is 6. The van der Waals surface area contributed by atoms with E-state index in [2.05, 4.69) is 5.32 Å². The van der Waals surface area contributed by atoms with Crippen molar-refractivity contribution in [2.45, 2.75) is 51.0 Å². The van der Waals surface area contributed by atoms with Crippen molar-refractivity contribution in [2.75, 3.05) is 13.6 Å². The van der Waals surface area contributed by atoms with Gasteiger partial charge in [-0.3, -0.25) is 9.59 Å². The Balaban J connectivity index is 1.63. The van der Waals surface area contributed by atoms with Gasteiger partial charge in [-0.25, -0.2) is 0 Å². The number of hydrogen-bond acceptors (Lipinski definition) is 3. The summed E-state index contributed by atoms with van der Waals surface area (Å²) in [7, 11) is 1.90. The summed E-state index contributed by atoms with van der Waals surface area (Å²) >= 11 is 0. The second-order valence-corrected chi connectivity index (χ2v) is 5.63. The monoisotopic (exact) mass is 292 g/mol. The summed E-state index contributed by atoms with van der Waals surface area (Å²) in [5.41, 5.74) is 0. The molecule has 0 unspecified atom stereocenters. The van der Waals surface area contributed by atoms with Gasteiger partial charge in [-0.1, -0.05) is 19.3 Å². The van der Waals surface area contributed by atoms with Crippen molar-refractivity contribution in [1.82, 2.24) is 10.2 Å². The number of carbonyl (C=O) groups is 2. The van der Waals surface area contributed by atoms with E-state index >= 15 is 0 Å². The van der Waals surface area contributed by atoms with Crippen molar-refractivity contribution in [3.8, 4) is 0 Å². The van der Waals surface area contributed by atoms with Crippen LogP contribution >= 0.6 is 0 Å². The molecule has 1 fully saturated rings. The van der Waals surface area contributed by atoms with Crippen LogP contribution in [-0.2, 0) is 4.79 Å². The highest BCUT2D eigenvalue weighted by Gasteiger charge is 2.21. The topological polar surface area (TPSA) is 62.6 Å². The maximum atomic E-state index is 12.1. The Bertz CT molecular complexity index is 450. The highest BCUT2D eigenvalue weighted by atomic mass is 16.3. The lowest BCUT2D eigenvalue weighted by atomic mass is 9.94. The molecule has 5 nitrogen and oxygen atoms in total. The Morgan fingerprint density at radius 1 is 1.33 bits per heavy atom. The zero-order chi connectivity index (χ0) is 15.1. The summed E-state index contributed by atoms with van der Waals surface area (Å²) in [4.78, 5) is 25.6. The molecule has 1 aliphatic rings. The van der Waals surface area contributed by atoms with Crippen molar-refractivity contribution in [3.05, 3.63) is 24.2 Å². The molecule has 2 rings (SSSR count). The predicted molar refractivity (Wildman–Crippen MR) is 79.9 cm³/mol. The molecule has 1 aromatic rings. The summed E-state index contributed by atoms with van der Waals surface area (Å²) in [5.74, 6) is 0.253. The van der Waals surface area contributed by atoms with Gasteiger partial charge in [0.25, 0.3) is 5.91 Å². The molecular formula is C16H24N2O3. The fourth-order valence-electron chi connectivity index (χ4n) is 2.78. The maximum absolute atomic E-state index is 12.1. The first-order valence-corrected chi connectivity index (χ1v) is 7.76. The first kappa shape index (κ1) is 15.6. The maximum Gasteiger partial charge on any atom is 0.286 e. The van der Waals surface area contributed by atoms with Gasteiger partial charge >= 0.3 is 0 Å². The SMILES string of the molecule is CN(C(=O)CCCNC(=O)c1ccco1)C1CCCCC1. The third kappa shape index (κ3) is 4.62. The van der Waals surface area contributed by atoms with Gasteiger partial charge in [-0.2, -0.15) is 0 Å². The minimum absolute atomic E-state index is 0.175. The van der Waals surface area contributed by atoms with Crippen LogP contribution in [0.5, 0.6) is 0 Å². The van der Waals surface area contributed by atoms with Crippen LogP contribution in [-0.4, -0.2) is 36.3 Å². The van der Waals surface area contributed by atoms with Crippen LogP contribution < -0.4 is 5.32 Å². The van der Waals surface area contributed by atoms with E-state index in [-0.39, 0.29) is 11.8 Å². The molecule has 0 atom stereocenters. The summed E-state index contributed by atoms with van der Waals surface area (Å²) in [6.45, 7) is 0.490. The highest BCUT2D eigenvalue weighted by Crippen LogP contribution is 2.22. The molecule has 1 saturated carbocycles. The first-order chi connectivity index (χ1) is 10.2. The van der Waals surface area contributed by atoms with Gasteiger partial charge in [0.05, 0.1) is 6.26 Å². The normalized spacial score (nSPS) is 15.7. The molecule has 2 amide bonds. The number of hydrogen-bond donors (Lipinski definition) is 1. The molecule has 0 spiro atoms. The second-order valence-electron chi connectivity index (χ2n) is 5.63. The average Bonchev–Trinajstić information content (AvgIpc) is 3.05. The lowest BCUT2D eigenvalue weighted by molar-refractivity contribution is -0.132. The van der Waals surface area contributed by atoms with E-state index in [1.165, 1.54) is 25.5 Å². The van der Waals surface area contributed by atoms with E-state index in [4.69, 9.17) is 4.42 Å². The van der Waals surface area contributed by atoms with Crippen LogP contribution in [0.25, 0.3) is 0 Å². The quantitative estimate of drug-likeness (QED) is 0.820. The fourth-order valence-corrected chi connectivity index (χ4v) is 2.78. The molecule has 0 aromatic carbocycles. The molecule has 116 valence electrons. The molecule has 1 aromatic heterocycles. The zero-order valence-corrected chi connectivity index (χ0v) is 12.6. The number of amides is 2. The van der Waals surface area contributed by atoms with Gasteiger partial charge in [-0.05, 0) is 31.4 Å². The predicted octanol–water partition coefficient (Wildman–Crippen LogP) is 2.58. The molecule has 1 N–H and O–H groups in total. The molecule has 1 heterocycles. The van der Waals surface area contributed by atoms with Crippen molar-refractivity contribution in [3.63, 3.8) is 0 Å². The average molecular weight is 292 g/mol. The molecule has 5 heteroatoms. The Kier molecular flexibility index (Phi) is 5.84. The third-order valence-corrected chi connectivity index (χ3v) is 4.11. The molecule has 0 saturated heterocycles. The van der Waals surface area contributed by atoms with Crippen molar-refractivity contribution in [2.24, 2.45) is 0 Å². The number of nitrogens with one attached hydrogen (secondary N) is 1. The van der Waals surface area contributed by atoms with Crippen molar-refractivity contribution >= 4 is 11.8 Å². The zero-order valence-electron chi connectivity index (χ0n) is 12.6. The number of furan rings is 1. The van der Waals surface area contributed by atoms with Gasteiger partial charge in [0.15, 0.2) is 5.76 Å².